The van der Waals surface area contributed by atoms with E-state index in [9.17, 15) is 0 Å². The van der Waals surface area contributed by atoms with Crippen molar-refractivity contribution in [2.24, 2.45) is 0 Å². The zero-order valence-electron chi connectivity index (χ0n) is 6.40. The molecule has 3 nitrogen and oxygen atoms in total. The zero-order valence-corrected chi connectivity index (χ0v) is 6.40. The van der Waals surface area contributed by atoms with Gasteiger partial charge in [-0.1, -0.05) is 0 Å². The molecule has 0 bridgehead atoms. The fraction of sp³-hybridized carbons (Fsp3) is 0.625. The molecular weight excluding hydrogens is 140 g/mol. The fourth-order valence-electron chi connectivity index (χ4n) is 1.35. The van der Waals surface area contributed by atoms with Gasteiger partial charge in [0.25, 0.3) is 0 Å². The third-order valence-electron chi connectivity index (χ3n) is 2.06. The maximum absolute atomic E-state index is 8.70. The van der Waals surface area contributed by atoms with Gasteiger partial charge in [0.05, 0.1) is 13.2 Å². The second-order valence-electron chi connectivity index (χ2n) is 2.98. The number of hydrogen-bond donors (Lipinski definition) is 1. The van der Waals surface area contributed by atoms with Crippen LogP contribution in [0.2, 0.25) is 0 Å². The minimum absolute atomic E-state index is 0.182. The van der Waals surface area contributed by atoms with E-state index in [4.69, 9.17) is 5.11 Å². The third-order valence-corrected chi connectivity index (χ3v) is 2.06. The van der Waals surface area contributed by atoms with Crippen LogP contribution in [0.25, 0.3) is 0 Å². The molecule has 2 rings (SSSR count). The van der Waals surface area contributed by atoms with Gasteiger partial charge in [-0.05, 0) is 18.9 Å². The van der Waals surface area contributed by atoms with Gasteiger partial charge < -0.3 is 5.11 Å². The Morgan fingerprint density at radius 2 is 2.45 bits per heavy atom. The van der Waals surface area contributed by atoms with E-state index in [0.29, 0.717) is 6.54 Å². The van der Waals surface area contributed by atoms with Crippen LogP contribution in [0.4, 0.5) is 0 Å². The fourth-order valence-corrected chi connectivity index (χ4v) is 1.35. The lowest BCUT2D eigenvalue weighted by molar-refractivity contribution is 0.267. The highest BCUT2D eigenvalue weighted by atomic mass is 16.3. The molecule has 60 valence electrons. The van der Waals surface area contributed by atoms with Gasteiger partial charge >= 0.3 is 0 Å². The van der Waals surface area contributed by atoms with Crippen LogP contribution in [0.3, 0.4) is 0 Å². The van der Waals surface area contributed by atoms with Gasteiger partial charge in [0.1, 0.15) is 0 Å². The highest BCUT2D eigenvalue weighted by Crippen LogP contribution is 2.39. The van der Waals surface area contributed by atoms with E-state index in [1.807, 2.05) is 16.9 Å². The minimum atomic E-state index is 0.182. The molecule has 0 saturated heterocycles. The Labute approximate surface area is 65.7 Å². The number of rotatable bonds is 3. The number of aliphatic hydroxyl groups excluding tert-OH is 1. The molecule has 0 aromatic carbocycles. The second-order valence-corrected chi connectivity index (χ2v) is 2.98. The summed E-state index contributed by atoms with van der Waals surface area (Å²) in [6.07, 6.45) is 4.39. The lowest BCUT2D eigenvalue weighted by atomic mass is 10.3. The maximum atomic E-state index is 8.70. The summed E-state index contributed by atoms with van der Waals surface area (Å²) in [7, 11) is 0. The third kappa shape index (κ3) is 1.28. The van der Waals surface area contributed by atoms with Gasteiger partial charge in [-0.25, -0.2) is 0 Å². The average Bonchev–Trinajstić information content (AvgIpc) is 2.75. The maximum Gasteiger partial charge on any atom is 0.0644 e. The second kappa shape index (κ2) is 2.66. The quantitative estimate of drug-likeness (QED) is 0.694. The van der Waals surface area contributed by atoms with Crippen molar-refractivity contribution in [1.29, 1.82) is 0 Å². The summed E-state index contributed by atoms with van der Waals surface area (Å²) < 4.78 is 1.90. The molecule has 1 saturated carbocycles. The summed E-state index contributed by atoms with van der Waals surface area (Å²) in [5.74, 6) is 0.726. The average molecular weight is 152 g/mol. The van der Waals surface area contributed by atoms with Crippen LogP contribution in [-0.2, 0) is 6.54 Å². The first-order chi connectivity index (χ1) is 5.42. The minimum Gasteiger partial charge on any atom is -0.394 e. The van der Waals surface area contributed by atoms with Crippen LogP contribution in [0.1, 0.15) is 24.5 Å². The molecule has 0 spiro atoms. The predicted molar refractivity (Wildman–Crippen MR) is 41.3 cm³/mol. The van der Waals surface area contributed by atoms with Gasteiger partial charge in [0.2, 0.25) is 0 Å². The van der Waals surface area contributed by atoms with Gasteiger partial charge in [0.15, 0.2) is 0 Å². The topological polar surface area (TPSA) is 38.0 Å². The molecule has 0 aliphatic heterocycles. The SMILES string of the molecule is OCCn1nccc1C1CC1. The smallest absolute Gasteiger partial charge is 0.0644 e. The Hall–Kier alpha value is -0.830. The van der Waals surface area contributed by atoms with E-state index >= 15 is 0 Å². The summed E-state index contributed by atoms with van der Waals surface area (Å²) in [4.78, 5) is 0. The van der Waals surface area contributed by atoms with E-state index in [0.717, 1.165) is 5.92 Å². The zero-order chi connectivity index (χ0) is 7.68. The summed E-state index contributed by atoms with van der Waals surface area (Å²) in [5, 5.41) is 12.8. The molecule has 1 aromatic rings. The van der Waals surface area contributed by atoms with Gasteiger partial charge in [-0.2, -0.15) is 5.10 Å². The summed E-state index contributed by atoms with van der Waals surface area (Å²) in [6.45, 7) is 0.820. The Morgan fingerprint density at radius 3 is 3.09 bits per heavy atom. The molecule has 0 unspecified atom stereocenters. The van der Waals surface area contributed by atoms with E-state index in [-0.39, 0.29) is 6.61 Å². The molecule has 0 atom stereocenters. The van der Waals surface area contributed by atoms with Crippen molar-refractivity contribution in [3.8, 4) is 0 Å². The molecule has 11 heavy (non-hydrogen) atoms. The Bertz CT molecular complexity index is 240. The Balaban J connectivity index is 2.16. The first-order valence-corrected chi connectivity index (χ1v) is 4.04. The van der Waals surface area contributed by atoms with Gasteiger partial charge in [-0.15, -0.1) is 0 Å². The van der Waals surface area contributed by atoms with Crippen LogP contribution in [0.15, 0.2) is 12.3 Å². The lowest BCUT2D eigenvalue weighted by Gasteiger charge is -2.02. The first kappa shape index (κ1) is 6.85. The van der Waals surface area contributed by atoms with Gasteiger partial charge in [-0.3, -0.25) is 4.68 Å². The molecule has 0 radical (unpaired) electrons. The standard InChI is InChI=1S/C8H12N2O/c11-6-5-10-8(3-4-9-10)7-1-2-7/h3-4,7,11H,1-2,5-6H2. The van der Waals surface area contributed by atoms with Crippen LogP contribution in [-0.4, -0.2) is 21.5 Å². The molecule has 1 aliphatic rings. The van der Waals surface area contributed by atoms with Crippen molar-refractivity contribution < 1.29 is 5.11 Å². The summed E-state index contributed by atoms with van der Waals surface area (Å²) >= 11 is 0. The first-order valence-electron chi connectivity index (χ1n) is 4.04. The van der Waals surface area contributed by atoms with Crippen LogP contribution in [0, 0.1) is 0 Å². The number of aliphatic hydroxyl groups is 1. The van der Waals surface area contributed by atoms with Crippen LogP contribution >= 0.6 is 0 Å². The molecule has 1 aliphatic carbocycles. The highest BCUT2D eigenvalue weighted by molar-refractivity contribution is 5.13. The predicted octanol–water partition coefficient (Wildman–Crippen LogP) is 0.753. The van der Waals surface area contributed by atoms with Crippen molar-refractivity contribution in [1.82, 2.24) is 9.78 Å². The molecule has 0 amide bonds. The van der Waals surface area contributed by atoms with Crippen molar-refractivity contribution >= 4 is 0 Å². The van der Waals surface area contributed by atoms with Crippen molar-refractivity contribution in [3.05, 3.63) is 18.0 Å². The van der Waals surface area contributed by atoms with Crippen LogP contribution < -0.4 is 0 Å². The molecule has 1 aromatic heterocycles. The summed E-state index contributed by atoms with van der Waals surface area (Å²) in [6, 6.07) is 2.05. The van der Waals surface area contributed by atoms with E-state index < -0.39 is 0 Å². The Morgan fingerprint density at radius 1 is 1.64 bits per heavy atom. The molecule has 3 heteroatoms. The van der Waals surface area contributed by atoms with E-state index in [1.165, 1.54) is 18.5 Å². The van der Waals surface area contributed by atoms with Crippen molar-refractivity contribution in [2.75, 3.05) is 6.61 Å². The largest absolute Gasteiger partial charge is 0.394 e. The van der Waals surface area contributed by atoms with Gasteiger partial charge in [0, 0.05) is 17.8 Å². The lowest BCUT2D eigenvalue weighted by Crippen LogP contribution is -2.06. The monoisotopic (exact) mass is 152 g/mol. The van der Waals surface area contributed by atoms with Crippen molar-refractivity contribution in [3.63, 3.8) is 0 Å². The van der Waals surface area contributed by atoms with Crippen molar-refractivity contribution in [2.45, 2.75) is 25.3 Å². The van der Waals surface area contributed by atoms with Crippen LogP contribution in [0.5, 0.6) is 0 Å². The number of aromatic nitrogens is 2. The normalized spacial score (nSPS) is 17.2. The molecule has 1 N–H and O–H groups in total. The van der Waals surface area contributed by atoms with E-state index in [2.05, 4.69) is 5.10 Å². The molecular formula is C8H12N2O. The molecule has 1 heterocycles. The van der Waals surface area contributed by atoms with E-state index in [1.54, 1.807) is 0 Å². The number of hydrogen-bond acceptors (Lipinski definition) is 2. The molecule has 1 fully saturated rings. The summed E-state index contributed by atoms with van der Waals surface area (Å²) in [5.41, 5.74) is 1.29. The highest BCUT2D eigenvalue weighted by Gasteiger charge is 2.26. The number of nitrogens with zero attached hydrogens (tertiary/aromatic N) is 2. The Kier molecular flexibility index (Phi) is 1.66.